The van der Waals surface area contributed by atoms with Crippen LogP contribution in [0.25, 0.3) is 11.1 Å². The summed E-state index contributed by atoms with van der Waals surface area (Å²) in [5.41, 5.74) is 0.353. The van der Waals surface area contributed by atoms with E-state index in [0.29, 0.717) is 0 Å². The van der Waals surface area contributed by atoms with Crippen LogP contribution in [0.4, 0.5) is 8.78 Å². The molecule has 0 spiro atoms. The van der Waals surface area contributed by atoms with Crippen molar-refractivity contribution in [1.29, 1.82) is 0 Å². The zero-order chi connectivity index (χ0) is 11.7. The van der Waals surface area contributed by atoms with Crippen LogP contribution in [0.5, 0.6) is 5.75 Å². The number of phenols is 1. The van der Waals surface area contributed by atoms with E-state index in [-0.39, 0.29) is 21.9 Å². The van der Waals surface area contributed by atoms with Crippen molar-refractivity contribution in [3.05, 3.63) is 53.1 Å². The molecule has 4 heteroatoms. The molecule has 0 saturated heterocycles. The standard InChI is InChI=1S/C12H7ClF2O/c13-9-5-8(12(16)6-11(9)15)7-3-1-2-4-10(7)14/h1-6,16H. The lowest BCUT2D eigenvalue weighted by Gasteiger charge is -2.07. The third kappa shape index (κ3) is 1.86. The van der Waals surface area contributed by atoms with Crippen LogP contribution in [-0.2, 0) is 0 Å². The Morgan fingerprint density at radius 2 is 1.62 bits per heavy atom. The molecule has 0 fully saturated rings. The molecule has 0 heterocycles. The van der Waals surface area contributed by atoms with Gasteiger partial charge in [-0.15, -0.1) is 0 Å². The SMILES string of the molecule is Oc1cc(F)c(Cl)cc1-c1ccccc1F. The van der Waals surface area contributed by atoms with Gasteiger partial charge in [0.1, 0.15) is 17.4 Å². The minimum Gasteiger partial charge on any atom is -0.507 e. The third-order valence-electron chi connectivity index (χ3n) is 2.20. The predicted octanol–water partition coefficient (Wildman–Crippen LogP) is 3.99. The highest BCUT2D eigenvalue weighted by atomic mass is 35.5. The first-order valence-electron chi connectivity index (χ1n) is 4.52. The van der Waals surface area contributed by atoms with Crippen LogP contribution in [0.1, 0.15) is 0 Å². The van der Waals surface area contributed by atoms with E-state index in [9.17, 15) is 13.9 Å². The van der Waals surface area contributed by atoms with E-state index in [1.54, 1.807) is 6.07 Å². The molecule has 2 rings (SSSR count). The highest BCUT2D eigenvalue weighted by Crippen LogP contribution is 2.34. The predicted molar refractivity (Wildman–Crippen MR) is 58.5 cm³/mol. The highest BCUT2D eigenvalue weighted by Gasteiger charge is 2.12. The summed E-state index contributed by atoms with van der Waals surface area (Å²) in [5, 5.41) is 9.37. The zero-order valence-electron chi connectivity index (χ0n) is 8.05. The number of hydrogen-bond acceptors (Lipinski definition) is 1. The summed E-state index contributed by atoms with van der Waals surface area (Å²) in [6.07, 6.45) is 0. The number of aromatic hydroxyl groups is 1. The lowest BCUT2D eigenvalue weighted by atomic mass is 10.0. The van der Waals surface area contributed by atoms with E-state index in [1.807, 2.05) is 0 Å². The zero-order valence-corrected chi connectivity index (χ0v) is 8.80. The first-order valence-corrected chi connectivity index (χ1v) is 4.90. The maximum Gasteiger partial charge on any atom is 0.145 e. The topological polar surface area (TPSA) is 20.2 Å². The van der Waals surface area contributed by atoms with Crippen molar-refractivity contribution in [3.8, 4) is 16.9 Å². The molecule has 0 aliphatic carbocycles. The Hall–Kier alpha value is -1.61. The Balaban J connectivity index is 2.65. The number of rotatable bonds is 1. The van der Waals surface area contributed by atoms with Crippen molar-refractivity contribution in [2.24, 2.45) is 0 Å². The summed E-state index contributed by atoms with van der Waals surface area (Å²) in [5.74, 6) is -1.58. The van der Waals surface area contributed by atoms with Gasteiger partial charge in [-0.25, -0.2) is 8.78 Å². The summed E-state index contributed by atoms with van der Waals surface area (Å²) < 4.78 is 26.4. The molecule has 0 bridgehead atoms. The average Bonchev–Trinajstić information content (AvgIpc) is 2.25. The highest BCUT2D eigenvalue weighted by molar-refractivity contribution is 6.31. The Morgan fingerprint density at radius 3 is 2.31 bits per heavy atom. The van der Waals surface area contributed by atoms with E-state index in [1.165, 1.54) is 24.3 Å². The number of halogens is 3. The smallest absolute Gasteiger partial charge is 0.145 e. The van der Waals surface area contributed by atoms with Gasteiger partial charge in [-0.1, -0.05) is 29.8 Å². The molecule has 0 unspecified atom stereocenters. The molecule has 0 radical (unpaired) electrons. The van der Waals surface area contributed by atoms with Crippen LogP contribution >= 0.6 is 11.6 Å². The fourth-order valence-corrected chi connectivity index (χ4v) is 1.60. The molecule has 16 heavy (non-hydrogen) atoms. The van der Waals surface area contributed by atoms with E-state index in [0.717, 1.165) is 6.07 Å². The van der Waals surface area contributed by atoms with Gasteiger partial charge in [-0.3, -0.25) is 0 Å². The second kappa shape index (κ2) is 4.10. The Kier molecular flexibility index (Phi) is 2.79. The molecule has 1 N–H and O–H groups in total. The van der Waals surface area contributed by atoms with Crippen LogP contribution in [0.3, 0.4) is 0 Å². The molecular weight excluding hydrogens is 234 g/mol. The van der Waals surface area contributed by atoms with E-state index >= 15 is 0 Å². The molecule has 0 amide bonds. The van der Waals surface area contributed by atoms with E-state index in [2.05, 4.69) is 0 Å². The van der Waals surface area contributed by atoms with E-state index < -0.39 is 11.6 Å². The van der Waals surface area contributed by atoms with Crippen molar-refractivity contribution < 1.29 is 13.9 Å². The lowest BCUT2D eigenvalue weighted by Crippen LogP contribution is -1.86. The van der Waals surface area contributed by atoms with Crippen molar-refractivity contribution in [2.75, 3.05) is 0 Å². The van der Waals surface area contributed by atoms with Gasteiger partial charge in [-0.05, 0) is 12.1 Å². The molecule has 82 valence electrons. The minimum absolute atomic E-state index is 0.156. The van der Waals surface area contributed by atoms with Crippen molar-refractivity contribution >= 4 is 11.6 Å². The van der Waals surface area contributed by atoms with Crippen LogP contribution in [0.2, 0.25) is 5.02 Å². The van der Waals surface area contributed by atoms with Gasteiger partial charge < -0.3 is 5.11 Å². The molecule has 0 aliphatic heterocycles. The molecular formula is C12H7ClF2O. The van der Waals surface area contributed by atoms with Gasteiger partial charge in [0.2, 0.25) is 0 Å². The van der Waals surface area contributed by atoms with Crippen molar-refractivity contribution in [3.63, 3.8) is 0 Å². The van der Waals surface area contributed by atoms with Gasteiger partial charge in [0.25, 0.3) is 0 Å². The summed E-state index contributed by atoms with van der Waals surface area (Å²) >= 11 is 5.58. The second-order valence-corrected chi connectivity index (χ2v) is 3.67. The summed E-state index contributed by atoms with van der Waals surface area (Å²) in [7, 11) is 0. The van der Waals surface area contributed by atoms with Crippen LogP contribution in [0.15, 0.2) is 36.4 Å². The largest absolute Gasteiger partial charge is 0.507 e. The molecule has 2 aromatic rings. The molecule has 0 aliphatic rings. The Morgan fingerprint density at radius 1 is 0.938 bits per heavy atom. The first kappa shape index (κ1) is 10.9. The maximum atomic E-state index is 13.4. The fourth-order valence-electron chi connectivity index (χ4n) is 1.43. The van der Waals surface area contributed by atoms with Crippen molar-refractivity contribution in [2.45, 2.75) is 0 Å². The molecule has 0 aromatic heterocycles. The van der Waals surface area contributed by atoms with Gasteiger partial charge in [0.05, 0.1) is 5.02 Å². The maximum absolute atomic E-state index is 13.4. The quantitative estimate of drug-likeness (QED) is 0.799. The van der Waals surface area contributed by atoms with Crippen LogP contribution in [-0.4, -0.2) is 5.11 Å². The molecule has 0 saturated carbocycles. The second-order valence-electron chi connectivity index (χ2n) is 3.26. The summed E-state index contributed by atoms with van der Waals surface area (Å²) in [6.45, 7) is 0. The van der Waals surface area contributed by atoms with Crippen molar-refractivity contribution in [1.82, 2.24) is 0 Å². The third-order valence-corrected chi connectivity index (χ3v) is 2.49. The Bertz CT molecular complexity index is 541. The van der Waals surface area contributed by atoms with Gasteiger partial charge >= 0.3 is 0 Å². The first-order chi connectivity index (χ1) is 7.59. The monoisotopic (exact) mass is 240 g/mol. The number of benzene rings is 2. The van der Waals surface area contributed by atoms with Gasteiger partial charge in [0.15, 0.2) is 0 Å². The van der Waals surface area contributed by atoms with Gasteiger partial charge in [-0.2, -0.15) is 0 Å². The summed E-state index contributed by atoms with van der Waals surface area (Å²) in [4.78, 5) is 0. The fraction of sp³-hybridized carbons (Fsp3) is 0. The lowest BCUT2D eigenvalue weighted by molar-refractivity contribution is 0.470. The molecule has 0 atom stereocenters. The molecule has 2 aromatic carbocycles. The van der Waals surface area contributed by atoms with Crippen LogP contribution < -0.4 is 0 Å². The number of phenolic OH excluding ortho intramolecular Hbond substituents is 1. The van der Waals surface area contributed by atoms with E-state index in [4.69, 9.17) is 11.6 Å². The minimum atomic E-state index is -0.737. The normalized spacial score (nSPS) is 10.4. The summed E-state index contributed by atoms with van der Waals surface area (Å²) in [6, 6.07) is 7.95. The van der Waals surface area contributed by atoms with Crippen LogP contribution in [0, 0.1) is 11.6 Å². The Labute approximate surface area is 95.9 Å². The number of hydrogen-bond donors (Lipinski definition) is 1. The average molecular weight is 241 g/mol. The molecule has 1 nitrogen and oxygen atoms in total. The van der Waals surface area contributed by atoms with Gasteiger partial charge in [0, 0.05) is 17.2 Å².